The number of anilines is 2. The van der Waals surface area contributed by atoms with Gasteiger partial charge in [-0.3, -0.25) is 0 Å². The second-order valence-corrected chi connectivity index (χ2v) is 4.76. The zero-order valence-electron chi connectivity index (χ0n) is 10.9. The number of benzene rings is 1. The van der Waals surface area contributed by atoms with E-state index in [2.05, 4.69) is 30.0 Å². The van der Waals surface area contributed by atoms with Gasteiger partial charge in [-0.25, -0.2) is 0 Å². The van der Waals surface area contributed by atoms with Crippen LogP contribution < -0.4 is 15.4 Å². The fourth-order valence-corrected chi connectivity index (χ4v) is 2.23. The molecule has 0 spiro atoms. The van der Waals surface area contributed by atoms with Gasteiger partial charge in [-0.1, -0.05) is 0 Å². The highest BCUT2D eigenvalue weighted by Crippen LogP contribution is 2.35. The van der Waals surface area contributed by atoms with Crippen LogP contribution in [0, 0.1) is 0 Å². The highest BCUT2D eigenvalue weighted by molar-refractivity contribution is 5.69. The summed E-state index contributed by atoms with van der Waals surface area (Å²) < 4.78 is 5.25. The maximum Gasteiger partial charge on any atom is 0.142 e. The van der Waals surface area contributed by atoms with Gasteiger partial charge < -0.3 is 20.3 Å². The number of rotatable bonds is 4. The fraction of sp³-hybridized carbons (Fsp3) is 0.538. The molecule has 0 fully saturated rings. The van der Waals surface area contributed by atoms with Crippen LogP contribution in [0.1, 0.15) is 5.56 Å². The first-order chi connectivity index (χ1) is 8.11. The Morgan fingerprint density at radius 3 is 2.82 bits per heavy atom. The van der Waals surface area contributed by atoms with E-state index in [-0.39, 0.29) is 0 Å². The minimum absolute atomic E-state index is 0.725. The standard InChI is InChI=1S/C13H21N3O/c1-15(2)6-7-16-5-4-10-8-13(17-3)11(14)9-12(10)16/h8-9H,4-7,14H2,1-3H3. The summed E-state index contributed by atoms with van der Waals surface area (Å²) in [6.45, 7) is 3.19. The van der Waals surface area contributed by atoms with E-state index in [0.717, 1.165) is 37.5 Å². The summed E-state index contributed by atoms with van der Waals surface area (Å²) in [6, 6.07) is 4.11. The van der Waals surface area contributed by atoms with Gasteiger partial charge in [0, 0.05) is 25.3 Å². The van der Waals surface area contributed by atoms with Crippen LogP contribution >= 0.6 is 0 Å². The molecule has 17 heavy (non-hydrogen) atoms. The number of ether oxygens (including phenoxy) is 1. The second-order valence-electron chi connectivity index (χ2n) is 4.76. The van der Waals surface area contributed by atoms with Crippen molar-refractivity contribution in [1.82, 2.24) is 4.90 Å². The predicted octanol–water partition coefficient (Wildman–Crippen LogP) is 1.20. The van der Waals surface area contributed by atoms with Crippen LogP contribution in [0.2, 0.25) is 0 Å². The third kappa shape index (κ3) is 2.47. The van der Waals surface area contributed by atoms with Crippen molar-refractivity contribution in [3.63, 3.8) is 0 Å². The van der Waals surface area contributed by atoms with Crippen molar-refractivity contribution in [1.29, 1.82) is 0 Å². The Labute approximate surface area is 103 Å². The van der Waals surface area contributed by atoms with Gasteiger partial charge in [0.15, 0.2) is 0 Å². The maximum absolute atomic E-state index is 5.96. The molecule has 2 rings (SSSR count). The normalized spacial score (nSPS) is 14.2. The molecule has 0 unspecified atom stereocenters. The fourth-order valence-electron chi connectivity index (χ4n) is 2.23. The summed E-state index contributed by atoms with van der Waals surface area (Å²) in [4.78, 5) is 4.59. The van der Waals surface area contributed by atoms with Gasteiger partial charge in [-0.05, 0) is 38.2 Å². The minimum Gasteiger partial charge on any atom is -0.495 e. The topological polar surface area (TPSA) is 41.7 Å². The molecule has 0 saturated carbocycles. The van der Waals surface area contributed by atoms with Crippen LogP contribution in [0.25, 0.3) is 0 Å². The lowest BCUT2D eigenvalue weighted by Gasteiger charge is -2.22. The lowest BCUT2D eigenvalue weighted by atomic mass is 10.1. The molecule has 0 aromatic heterocycles. The molecular formula is C13H21N3O. The van der Waals surface area contributed by atoms with Gasteiger partial charge in [-0.2, -0.15) is 0 Å². The molecule has 1 aliphatic heterocycles. The SMILES string of the molecule is COc1cc2c(cc1N)N(CCN(C)C)CC2. The molecule has 0 atom stereocenters. The van der Waals surface area contributed by atoms with Gasteiger partial charge in [0.1, 0.15) is 5.75 Å². The highest BCUT2D eigenvalue weighted by atomic mass is 16.5. The number of nitrogens with zero attached hydrogens (tertiary/aromatic N) is 2. The molecule has 2 N–H and O–H groups in total. The number of likely N-dealkylation sites (N-methyl/N-ethyl adjacent to an activating group) is 1. The molecule has 1 heterocycles. The summed E-state index contributed by atoms with van der Waals surface area (Å²) in [5.41, 5.74) is 9.30. The van der Waals surface area contributed by atoms with E-state index in [9.17, 15) is 0 Å². The Kier molecular flexibility index (Phi) is 3.43. The van der Waals surface area contributed by atoms with Crippen molar-refractivity contribution in [2.75, 3.05) is 51.5 Å². The highest BCUT2D eigenvalue weighted by Gasteiger charge is 2.20. The number of hydrogen-bond acceptors (Lipinski definition) is 4. The molecule has 0 amide bonds. The molecule has 94 valence electrons. The molecular weight excluding hydrogens is 214 g/mol. The van der Waals surface area contributed by atoms with E-state index in [1.165, 1.54) is 11.3 Å². The average Bonchev–Trinajstić information content (AvgIpc) is 2.67. The first kappa shape index (κ1) is 12.0. The van der Waals surface area contributed by atoms with Crippen LogP contribution in [0.3, 0.4) is 0 Å². The van der Waals surface area contributed by atoms with Crippen molar-refractivity contribution in [2.24, 2.45) is 0 Å². The second kappa shape index (κ2) is 4.84. The molecule has 1 aliphatic rings. The van der Waals surface area contributed by atoms with E-state index in [4.69, 9.17) is 10.5 Å². The van der Waals surface area contributed by atoms with Crippen molar-refractivity contribution in [2.45, 2.75) is 6.42 Å². The van der Waals surface area contributed by atoms with Gasteiger partial charge in [-0.15, -0.1) is 0 Å². The van der Waals surface area contributed by atoms with E-state index >= 15 is 0 Å². The van der Waals surface area contributed by atoms with Crippen molar-refractivity contribution in [3.8, 4) is 5.75 Å². The summed E-state index contributed by atoms with van der Waals surface area (Å²) in [5, 5.41) is 0. The molecule has 0 bridgehead atoms. The van der Waals surface area contributed by atoms with Gasteiger partial charge >= 0.3 is 0 Å². The van der Waals surface area contributed by atoms with E-state index in [0.29, 0.717) is 0 Å². The molecule has 1 aromatic carbocycles. The summed E-state index contributed by atoms with van der Waals surface area (Å²) in [7, 11) is 5.86. The lowest BCUT2D eigenvalue weighted by molar-refractivity contribution is 0.414. The smallest absolute Gasteiger partial charge is 0.142 e. The van der Waals surface area contributed by atoms with Crippen LogP contribution in [-0.4, -0.2) is 45.7 Å². The van der Waals surface area contributed by atoms with E-state index in [1.54, 1.807) is 7.11 Å². The summed E-state index contributed by atoms with van der Waals surface area (Å²) in [5.74, 6) is 0.790. The third-order valence-electron chi connectivity index (χ3n) is 3.24. The van der Waals surface area contributed by atoms with Crippen LogP contribution in [0.5, 0.6) is 5.75 Å². The molecule has 4 heteroatoms. The van der Waals surface area contributed by atoms with Gasteiger partial charge in [0.25, 0.3) is 0 Å². The number of nitrogen functional groups attached to an aromatic ring is 1. The Hall–Kier alpha value is -1.42. The van der Waals surface area contributed by atoms with Crippen LogP contribution in [0.15, 0.2) is 12.1 Å². The lowest BCUT2D eigenvalue weighted by Crippen LogP contribution is -2.30. The Balaban J connectivity index is 2.17. The number of hydrogen-bond donors (Lipinski definition) is 1. The molecule has 0 saturated heterocycles. The maximum atomic E-state index is 5.96. The number of fused-ring (bicyclic) bond motifs is 1. The van der Waals surface area contributed by atoms with Gasteiger partial charge in [0.2, 0.25) is 0 Å². The van der Waals surface area contributed by atoms with E-state index in [1.807, 2.05) is 6.07 Å². The zero-order valence-corrected chi connectivity index (χ0v) is 10.9. The predicted molar refractivity (Wildman–Crippen MR) is 71.9 cm³/mol. The minimum atomic E-state index is 0.725. The average molecular weight is 235 g/mol. The first-order valence-electron chi connectivity index (χ1n) is 5.98. The largest absolute Gasteiger partial charge is 0.495 e. The third-order valence-corrected chi connectivity index (χ3v) is 3.24. The summed E-state index contributed by atoms with van der Waals surface area (Å²) >= 11 is 0. The Morgan fingerprint density at radius 1 is 1.41 bits per heavy atom. The molecule has 0 radical (unpaired) electrons. The molecule has 0 aliphatic carbocycles. The van der Waals surface area contributed by atoms with Crippen molar-refractivity contribution < 1.29 is 4.74 Å². The Bertz CT molecular complexity index is 404. The number of methoxy groups -OCH3 is 1. The molecule has 4 nitrogen and oxygen atoms in total. The van der Waals surface area contributed by atoms with Crippen LogP contribution in [-0.2, 0) is 6.42 Å². The van der Waals surface area contributed by atoms with Crippen LogP contribution in [0.4, 0.5) is 11.4 Å². The monoisotopic (exact) mass is 235 g/mol. The Morgan fingerprint density at radius 2 is 2.18 bits per heavy atom. The summed E-state index contributed by atoms with van der Waals surface area (Å²) in [6.07, 6.45) is 1.08. The van der Waals surface area contributed by atoms with Gasteiger partial charge in [0.05, 0.1) is 12.8 Å². The van der Waals surface area contributed by atoms with E-state index < -0.39 is 0 Å². The molecule has 1 aromatic rings. The quantitative estimate of drug-likeness (QED) is 0.796. The van der Waals surface area contributed by atoms with Crippen molar-refractivity contribution >= 4 is 11.4 Å². The number of nitrogens with two attached hydrogens (primary N) is 1. The zero-order chi connectivity index (χ0) is 12.4. The first-order valence-corrected chi connectivity index (χ1v) is 5.98. The van der Waals surface area contributed by atoms with Crippen molar-refractivity contribution in [3.05, 3.63) is 17.7 Å².